The molecule has 0 unspecified atom stereocenters. The van der Waals surface area contributed by atoms with Crippen molar-refractivity contribution < 1.29 is 0 Å². The molecule has 0 aliphatic rings. The normalized spacial score (nSPS) is 12.8. The summed E-state index contributed by atoms with van der Waals surface area (Å²) in [7, 11) is 6.22. The molecular formula is C20H42S3. The maximum atomic E-state index is 2.42. The number of rotatable bonds is 16. The van der Waals surface area contributed by atoms with Crippen LogP contribution < -0.4 is 0 Å². The van der Waals surface area contributed by atoms with Crippen LogP contribution in [0, 0.1) is 0 Å². The van der Waals surface area contributed by atoms with E-state index < -0.39 is 0 Å². The lowest BCUT2D eigenvalue weighted by molar-refractivity contribution is 0.538. The Morgan fingerprint density at radius 2 is 0.870 bits per heavy atom. The highest BCUT2D eigenvalue weighted by Crippen LogP contribution is 2.51. The van der Waals surface area contributed by atoms with Crippen molar-refractivity contribution in [1.29, 1.82) is 0 Å². The van der Waals surface area contributed by atoms with Gasteiger partial charge in [-0.05, 0) is 50.4 Å². The summed E-state index contributed by atoms with van der Waals surface area (Å²) >= 11 is 0. The van der Waals surface area contributed by atoms with E-state index in [-0.39, 0.29) is 0 Å². The van der Waals surface area contributed by atoms with Crippen molar-refractivity contribution in [2.45, 2.75) is 128 Å². The molecule has 0 atom stereocenters. The molecule has 0 aromatic carbocycles. The van der Waals surface area contributed by atoms with Crippen molar-refractivity contribution in [2.75, 3.05) is 0 Å². The minimum absolute atomic E-state index is 0.417. The van der Waals surface area contributed by atoms with Gasteiger partial charge >= 0.3 is 0 Å². The van der Waals surface area contributed by atoms with Crippen molar-refractivity contribution in [3.05, 3.63) is 0 Å². The zero-order valence-corrected chi connectivity index (χ0v) is 19.2. The highest BCUT2D eigenvalue weighted by atomic mass is 33.5. The smallest absolute Gasteiger partial charge is 0.0215 e. The Morgan fingerprint density at radius 1 is 0.522 bits per heavy atom. The minimum atomic E-state index is 0.417. The molecule has 0 N–H and O–H groups in total. The fraction of sp³-hybridized carbons (Fsp3) is 1.00. The highest BCUT2D eigenvalue weighted by molar-refractivity contribution is 9.09. The SMILES string of the molecule is CCCCCCCCCC(C)(C)SSSC(C)(C)CCCCC. The number of hydrogen-bond acceptors (Lipinski definition) is 3. The van der Waals surface area contributed by atoms with Crippen LogP contribution in [-0.2, 0) is 0 Å². The number of hydrogen-bond donors (Lipinski definition) is 0. The summed E-state index contributed by atoms with van der Waals surface area (Å²) in [6, 6.07) is 0. The molecule has 0 amide bonds. The summed E-state index contributed by atoms with van der Waals surface area (Å²) in [5.74, 6) is 0. The predicted octanol–water partition coefficient (Wildman–Crippen LogP) is 9.29. The summed E-state index contributed by atoms with van der Waals surface area (Å²) in [6.45, 7) is 14.2. The monoisotopic (exact) mass is 378 g/mol. The Morgan fingerprint density at radius 3 is 1.35 bits per heavy atom. The standard InChI is InChI=1S/C20H42S3/c1-7-9-11-12-13-14-16-18-20(5,6)22-23-21-19(3,4)17-15-10-8-2/h7-18H2,1-6H3. The summed E-state index contributed by atoms with van der Waals surface area (Å²) in [5, 5.41) is 0. The van der Waals surface area contributed by atoms with Crippen molar-refractivity contribution in [1.82, 2.24) is 0 Å². The lowest BCUT2D eigenvalue weighted by Gasteiger charge is -2.27. The van der Waals surface area contributed by atoms with Crippen LogP contribution in [0.15, 0.2) is 0 Å². The van der Waals surface area contributed by atoms with E-state index >= 15 is 0 Å². The molecule has 0 aromatic heterocycles. The van der Waals surface area contributed by atoms with E-state index in [1.165, 1.54) is 77.0 Å². The maximum absolute atomic E-state index is 2.42. The van der Waals surface area contributed by atoms with Gasteiger partial charge in [0.2, 0.25) is 0 Å². The van der Waals surface area contributed by atoms with Crippen molar-refractivity contribution in [3.8, 4) is 0 Å². The lowest BCUT2D eigenvalue weighted by atomic mass is 10.0. The van der Waals surface area contributed by atoms with Crippen LogP contribution >= 0.6 is 31.4 Å². The van der Waals surface area contributed by atoms with Crippen LogP contribution in [0.4, 0.5) is 0 Å². The molecule has 0 rings (SSSR count). The Balaban J connectivity index is 3.70. The van der Waals surface area contributed by atoms with Crippen LogP contribution in [0.2, 0.25) is 0 Å². The van der Waals surface area contributed by atoms with E-state index in [1.807, 2.05) is 9.83 Å². The van der Waals surface area contributed by atoms with E-state index in [0.29, 0.717) is 9.49 Å². The topological polar surface area (TPSA) is 0 Å². The van der Waals surface area contributed by atoms with Gasteiger partial charge < -0.3 is 0 Å². The van der Waals surface area contributed by atoms with Crippen molar-refractivity contribution in [3.63, 3.8) is 0 Å². The predicted molar refractivity (Wildman–Crippen MR) is 118 cm³/mol. The molecule has 0 aliphatic heterocycles. The van der Waals surface area contributed by atoms with Crippen LogP contribution in [0.3, 0.4) is 0 Å². The molecule has 0 radical (unpaired) electrons. The van der Waals surface area contributed by atoms with Gasteiger partial charge in [0.05, 0.1) is 0 Å². The maximum Gasteiger partial charge on any atom is 0.0215 e. The van der Waals surface area contributed by atoms with E-state index in [9.17, 15) is 0 Å². The largest absolute Gasteiger partial charge is 0.0763 e. The third-order valence-electron chi connectivity index (χ3n) is 4.28. The molecule has 0 bridgehead atoms. The van der Waals surface area contributed by atoms with E-state index in [2.05, 4.69) is 63.1 Å². The fourth-order valence-electron chi connectivity index (χ4n) is 2.59. The average Bonchev–Trinajstić information content (AvgIpc) is 2.46. The van der Waals surface area contributed by atoms with Crippen LogP contribution in [0.5, 0.6) is 0 Å². The Hall–Kier alpha value is 1.05. The molecule has 140 valence electrons. The Kier molecular flexibility index (Phi) is 14.9. The summed E-state index contributed by atoms with van der Waals surface area (Å²) in [4.78, 5) is 0. The second-order valence-corrected chi connectivity index (χ2v) is 13.4. The molecule has 23 heavy (non-hydrogen) atoms. The van der Waals surface area contributed by atoms with Gasteiger partial charge in [0.1, 0.15) is 0 Å². The third kappa shape index (κ3) is 16.3. The molecule has 3 heteroatoms. The van der Waals surface area contributed by atoms with Gasteiger partial charge in [-0.1, -0.05) is 99.6 Å². The van der Waals surface area contributed by atoms with Gasteiger partial charge in [-0.25, -0.2) is 0 Å². The van der Waals surface area contributed by atoms with Crippen LogP contribution in [-0.4, -0.2) is 9.49 Å². The van der Waals surface area contributed by atoms with E-state index in [4.69, 9.17) is 0 Å². The van der Waals surface area contributed by atoms with Gasteiger partial charge in [0, 0.05) is 9.49 Å². The molecule has 0 heterocycles. The summed E-state index contributed by atoms with van der Waals surface area (Å²) < 4.78 is 0.836. The molecule has 0 saturated carbocycles. The highest BCUT2D eigenvalue weighted by Gasteiger charge is 2.23. The Labute approximate surface area is 159 Å². The van der Waals surface area contributed by atoms with Crippen molar-refractivity contribution in [2.24, 2.45) is 0 Å². The molecule has 0 saturated heterocycles. The van der Waals surface area contributed by atoms with Crippen LogP contribution in [0.1, 0.15) is 119 Å². The Bertz CT molecular complexity index is 262. The first-order chi connectivity index (χ1) is 10.8. The average molecular weight is 379 g/mol. The van der Waals surface area contributed by atoms with Crippen LogP contribution in [0.25, 0.3) is 0 Å². The van der Waals surface area contributed by atoms with Gasteiger partial charge in [-0.2, -0.15) is 0 Å². The van der Waals surface area contributed by atoms with Gasteiger partial charge in [-0.15, -0.1) is 0 Å². The molecule has 0 spiro atoms. The first kappa shape index (κ1) is 24.1. The van der Waals surface area contributed by atoms with Gasteiger partial charge in [0.25, 0.3) is 0 Å². The van der Waals surface area contributed by atoms with E-state index in [0.717, 1.165) is 0 Å². The first-order valence-corrected chi connectivity index (χ1v) is 13.3. The minimum Gasteiger partial charge on any atom is -0.0763 e. The molecule has 0 fully saturated rings. The first-order valence-electron chi connectivity index (χ1n) is 9.86. The zero-order chi connectivity index (χ0) is 17.6. The summed E-state index contributed by atoms with van der Waals surface area (Å²) in [6.07, 6.45) is 16.7. The molecule has 0 aliphatic carbocycles. The molecule has 0 nitrogen and oxygen atoms in total. The second-order valence-electron chi connectivity index (χ2n) is 8.08. The van der Waals surface area contributed by atoms with E-state index in [1.54, 1.807) is 0 Å². The zero-order valence-electron chi connectivity index (χ0n) is 16.7. The molecule has 0 aromatic rings. The lowest BCUT2D eigenvalue weighted by Crippen LogP contribution is -2.14. The fourth-order valence-corrected chi connectivity index (χ4v) is 8.78. The number of unbranched alkanes of at least 4 members (excludes halogenated alkanes) is 8. The third-order valence-corrected chi connectivity index (χ3v) is 10.1. The summed E-state index contributed by atoms with van der Waals surface area (Å²) in [5.41, 5.74) is 0. The van der Waals surface area contributed by atoms with Gasteiger partial charge in [0.15, 0.2) is 0 Å². The van der Waals surface area contributed by atoms with Crippen molar-refractivity contribution >= 4 is 31.4 Å². The second kappa shape index (κ2) is 14.2. The van der Waals surface area contributed by atoms with Gasteiger partial charge in [-0.3, -0.25) is 0 Å². The quantitative estimate of drug-likeness (QED) is 0.194. The molecular weight excluding hydrogens is 336 g/mol.